The Morgan fingerprint density at radius 1 is 1.00 bits per heavy atom. The van der Waals surface area contributed by atoms with Gasteiger partial charge in [-0.15, -0.1) is 0 Å². The number of carbonyl (C=O) groups is 2. The number of nitrogens with one attached hydrogen (secondary N) is 1. The minimum Gasteiger partial charge on any atom is -0.352 e. The molecule has 1 aliphatic heterocycles. The molecule has 2 fully saturated rings. The van der Waals surface area contributed by atoms with Gasteiger partial charge in [-0.25, -0.2) is 4.52 Å². The fraction of sp³-hybridized carbons (Fsp3) is 0.343. The lowest BCUT2D eigenvalue weighted by Gasteiger charge is -2.30. The molecular formula is C35H38N6O2. The van der Waals surface area contributed by atoms with Crippen LogP contribution in [-0.2, 0) is 17.9 Å². The molecule has 8 heteroatoms. The highest BCUT2D eigenvalue weighted by atomic mass is 16.2. The second kappa shape index (κ2) is 11.0. The van der Waals surface area contributed by atoms with Gasteiger partial charge in [0.15, 0.2) is 0 Å². The molecule has 3 aromatic heterocycles. The lowest BCUT2D eigenvalue weighted by Crippen LogP contribution is -2.45. The normalized spacial score (nSPS) is 17.1. The molecule has 1 saturated heterocycles. The number of benzene rings is 2. The van der Waals surface area contributed by atoms with Crippen molar-refractivity contribution >= 4 is 28.2 Å². The molecule has 5 aromatic rings. The number of nitrogens with two attached hydrogens (primary N) is 1. The van der Waals surface area contributed by atoms with Gasteiger partial charge in [0.1, 0.15) is 5.69 Å². The lowest BCUT2D eigenvalue weighted by molar-refractivity contribution is -0.119. The van der Waals surface area contributed by atoms with Crippen LogP contribution in [-0.4, -0.2) is 50.0 Å². The molecule has 2 aliphatic rings. The monoisotopic (exact) mass is 574 g/mol. The fourth-order valence-corrected chi connectivity index (χ4v) is 6.39. The summed E-state index contributed by atoms with van der Waals surface area (Å²) in [6.45, 7) is 6.48. The standard InChI is InChI=1S/C35H38N6O2/c1-22-31-13-12-29(35(43)39-14-4-7-30(36)21-39)20-41(31)38-34(22)33-17-28-11-10-27(16-32(28)40(33)19-24-8-9-24)26-6-3-5-25(15-26)18-37-23(2)42/h3,5-6,10-13,15-17,20,24,30H,4,7-9,14,18-19,21,36H2,1-2H3,(H,37,42)/t30-/m1/s1. The van der Waals surface area contributed by atoms with Crippen LogP contribution in [0.5, 0.6) is 0 Å². The summed E-state index contributed by atoms with van der Waals surface area (Å²) < 4.78 is 4.31. The summed E-state index contributed by atoms with van der Waals surface area (Å²) in [5, 5.41) is 9.14. The Morgan fingerprint density at radius 2 is 1.84 bits per heavy atom. The Balaban J connectivity index is 1.27. The van der Waals surface area contributed by atoms with E-state index in [9.17, 15) is 9.59 Å². The molecule has 1 saturated carbocycles. The zero-order valence-electron chi connectivity index (χ0n) is 24.8. The molecule has 1 aliphatic carbocycles. The number of aryl methyl sites for hydroxylation is 1. The molecular weight excluding hydrogens is 536 g/mol. The van der Waals surface area contributed by atoms with Crippen LogP contribution in [0.3, 0.4) is 0 Å². The Hall–Kier alpha value is -4.43. The Bertz CT molecular complexity index is 1860. The van der Waals surface area contributed by atoms with Gasteiger partial charge in [0, 0.05) is 61.8 Å². The van der Waals surface area contributed by atoms with Gasteiger partial charge >= 0.3 is 0 Å². The number of fused-ring (bicyclic) bond motifs is 2. The fourth-order valence-electron chi connectivity index (χ4n) is 6.39. The van der Waals surface area contributed by atoms with Crippen molar-refractivity contribution < 1.29 is 9.59 Å². The van der Waals surface area contributed by atoms with E-state index >= 15 is 0 Å². The highest BCUT2D eigenvalue weighted by molar-refractivity contribution is 5.95. The van der Waals surface area contributed by atoms with Crippen molar-refractivity contribution in [2.75, 3.05) is 13.1 Å². The largest absolute Gasteiger partial charge is 0.352 e. The Labute approximate surface area is 251 Å². The third-order valence-corrected chi connectivity index (χ3v) is 8.95. The molecule has 0 spiro atoms. The van der Waals surface area contributed by atoms with Crippen LogP contribution in [0.25, 0.3) is 38.9 Å². The topological polar surface area (TPSA) is 97.7 Å². The molecule has 0 bridgehead atoms. The van der Waals surface area contributed by atoms with E-state index in [2.05, 4.69) is 53.2 Å². The number of carbonyl (C=O) groups excluding carboxylic acids is 2. The van der Waals surface area contributed by atoms with Gasteiger partial charge in [0.2, 0.25) is 5.91 Å². The first-order chi connectivity index (χ1) is 20.8. The van der Waals surface area contributed by atoms with Crippen LogP contribution in [0, 0.1) is 12.8 Å². The number of aromatic nitrogens is 3. The van der Waals surface area contributed by atoms with Crippen molar-refractivity contribution in [3.63, 3.8) is 0 Å². The molecule has 1 atom stereocenters. The highest BCUT2D eigenvalue weighted by Gasteiger charge is 2.27. The third kappa shape index (κ3) is 5.43. The van der Waals surface area contributed by atoms with Crippen molar-refractivity contribution in [3.8, 4) is 22.5 Å². The van der Waals surface area contributed by atoms with Crippen molar-refractivity contribution in [1.82, 2.24) is 24.4 Å². The smallest absolute Gasteiger partial charge is 0.255 e. The molecule has 43 heavy (non-hydrogen) atoms. The second-order valence-corrected chi connectivity index (χ2v) is 12.3. The number of pyridine rings is 1. The van der Waals surface area contributed by atoms with E-state index in [0.29, 0.717) is 24.6 Å². The molecule has 7 rings (SSSR count). The van der Waals surface area contributed by atoms with E-state index < -0.39 is 0 Å². The number of amides is 2. The minimum atomic E-state index is -0.0333. The van der Waals surface area contributed by atoms with Crippen molar-refractivity contribution in [2.45, 2.75) is 58.7 Å². The van der Waals surface area contributed by atoms with Crippen LogP contribution in [0.15, 0.2) is 66.9 Å². The van der Waals surface area contributed by atoms with E-state index in [1.54, 1.807) is 6.92 Å². The Kier molecular flexibility index (Phi) is 7.01. The van der Waals surface area contributed by atoms with E-state index in [1.165, 1.54) is 23.7 Å². The van der Waals surface area contributed by atoms with Crippen LogP contribution < -0.4 is 11.1 Å². The van der Waals surface area contributed by atoms with E-state index in [4.69, 9.17) is 10.8 Å². The SMILES string of the molecule is CC(=O)NCc1cccc(-c2ccc3cc(-c4nn5cc(C(=O)N6CCC[C@@H](N)C6)ccc5c4C)n(CC4CC4)c3c2)c1. The first kappa shape index (κ1) is 27.4. The van der Waals surface area contributed by atoms with Gasteiger partial charge in [-0.1, -0.05) is 30.3 Å². The first-order valence-electron chi connectivity index (χ1n) is 15.4. The van der Waals surface area contributed by atoms with Crippen molar-refractivity contribution in [2.24, 2.45) is 11.7 Å². The van der Waals surface area contributed by atoms with Gasteiger partial charge in [-0.05, 0) is 85.5 Å². The number of hydrogen-bond acceptors (Lipinski definition) is 4. The van der Waals surface area contributed by atoms with E-state index in [-0.39, 0.29) is 17.9 Å². The minimum absolute atomic E-state index is 0.0169. The summed E-state index contributed by atoms with van der Waals surface area (Å²) in [6.07, 6.45) is 6.27. The van der Waals surface area contributed by atoms with Gasteiger partial charge in [-0.3, -0.25) is 9.59 Å². The second-order valence-electron chi connectivity index (χ2n) is 12.3. The quantitative estimate of drug-likeness (QED) is 0.267. The van der Waals surface area contributed by atoms with Crippen LogP contribution in [0.1, 0.15) is 54.1 Å². The molecule has 2 aromatic carbocycles. The highest BCUT2D eigenvalue weighted by Crippen LogP contribution is 2.38. The molecule has 2 amide bonds. The Morgan fingerprint density at radius 3 is 2.63 bits per heavy atom. The van der Waals surface area contributed by atoms with Crippen molar-refractivity contribution in [1.29, 1.82) is 0 Å². The number of hydrogen-bond donors (Lipinski definition) is 2. The van der Waals surface area contributed by atoms with E-state index in [1.807, 2.05) is 39.9 Å². The average Bonchev–Trinajstić information content (AvgIpc) is 3.69. The zero-order valence-corrected chi connectivity index (χ0v) is 24.8. The number of rotatable bonds is 7. The predicted molar refractivity (Wildman–Crippen MR) is 170 cm³/mol. The number of piperidine rings is 1. The maximum atomic E-state index is 13.3. The van der Waals surface area contributed by atoms with Gasteiger partial charge in [-0.2, -0.15) is 5.10 Å². The van der Waals surface area contributed by atoms with Crippen LogP contribution in [0.2, 0.25) is 0 Å². The van der Waals surface area contributed by atoms with Gasteiger partial charge in [0.05, 0.1) is 16.8 Å². The third-order valence-electron chi connectivity index (χ3n) is 8.95. The van der Waals surface area contributed by atoms with Crippen LogP contribution in [0.4, 0.5) is 0 Å². The average molecular weight is 575 g/mol. The van der Waals surface area contributed by atoms with Crippen LogP contribution >= 0.6 is 0 Å². The van der Waals surface area contributed by atoms with Crippen molar-refractivity contribution in [3.05, 3.63) is 83.6 Å². The van der Waals surface area contributed by atoms with E-state index in [0.717, 1.165) is 65.1 Å². The first-order valence-corrected chi connectivity index (χ1v) is 15.4. The summed E-state index contributed by atoms with van der Waals surface area (Å²) in [4.78, 5) is 26.6. The number of likely N-dealkylation sites (tertiary alicyclic amines) is 1. The number of nitrogens with zero attached hydrogens (tertiary/aromatic N) is 4. The summed E-state index contributed by atoms with van der Waals surface area (Å²) in [7, 11) is 0. The molecule has 0 radical (unpaired) electrons. The molecule has 0 unspecified atom stereocenters. The van der Waals surface area contributed by atoms with Gasteiger partial charge in [0.25, 0.3) is 5.91 Å². The zero-order chi connectivity index (χ0) is 29.7. The maximum Gasteiger partial charge on any atom is 0.255 e. The summed E-state index contributed by atoms with van der Waals surface area (Å²) in [5.41, 5.74) is 15.5. The summed E-state index contributed by atoms with van der Waals surface area (Å²) >= 11 is 0. The molecule has 4 heterocycles. The lowest BCUT2D eigenvalue weighted by atomic mass is 10.0. The molecule has 220 valence electrons. The molecule has 8 nitrogen and oxygen atoms in total. The predicted octanol–water partition coefficient (Wildman–Crippen LogP) is 5.54. The summed E-state index contributed by atoms with van der Waals surface area (Å²) in [5.74, 6) is 0.661. The maximum absolute atomic E-state index is 13.3. The van der Waals surface area contributed by atoms with Gasteiger partial charge < -0.3 is 20.5 Å². The summed E-state index contributed by atoms with van der Waals surface area (Å²) in [6, 6.07) is 21.2. The molecule has 3 N–H and O–H groups in total.